The van der Waals surface area contributed by atoms with Gasteiger partial charge in [0.2, 0.25) is 0 Å². The third kappa shape index (κ3) is 2.81. The van der Waals surface area contributed by atoms with Crippen LogP contribution in [0.25, 0.3) is 11.4 Å². The molecule has 0 saturated heterocycles. The molecule has 1 aromatic heterocycles. The van der Waals surface area contributed by atoms with Gasteiger partial charge in [-0.25, -0.2) is 9.97 Å². The minimum atomic E-state index is 0.782. The molecule has 2 rings (SSSR count). The molecule has 0 atom stereocenters. The van der Waals surface area contributed by atoms with Crippen LogP contribution in [0.3, 0.4) is 0 Å². The zero-order valence-electron chi connectivity index (χ0n) is 10.5. The second-order valence-corrected chi connectivity index (χ2v) is 4.12. The Morgan fingerprint density at radius 2 is 1.94 bits per heavy atom. The molecule has 0 radical (unpaired) electrons. The Labute approximate surface area is 102 Å². The highest BCUT2D eigenvalue weighted by atomic mass is 15.0. The molecule has 1 N–H and O–H groups in total. The molecule has 1 aromatic carbocycles. The van der Waals surface area contributed by atoms with Gasteiger partial charge in [-0.2, -0.15) is 0 Å². The van der Waals surface area contributed by atoms with Crippen molar-refractivity contribution < 1.29 is 0 Å². The SMILES string of the molecule is CCNc1cc(C)nc(-c2cccc(C)c2)n1. The predicted octanol–water partition coefficient (Wildman–Crippen LogP) is 3.19. The van der Waals surface area contributed by atoms with Gasteiger partial charge in [0.05, 0.1) is 0 Å². The Morgan fingerprint density at radius 3 is 2.65 bits per heavy atom. The maximum atomic E-state index is 4.51. The van der Waals surface area contributed by atoms with Crippen molar-refractivity contribution in [2.75, 3.05) is 11.9 Å². The lowest BCUT2D eigenvalue weighted by Crippen LogP contribution is -2.02. The molecule has 0 aliphatic rings. The summed E-state index contributed by atoms with van der Waals surface area (Å²) in [4.78, 5) is 8.99. The van der Waals surface area contributed by atoms with Gasteiger partial charge in [0.25, 0.3) is 0 Å². The lowest BCUT2D eigenvalue weighted by molar-refractivity contribution is 1.08. The van der Waals surface area contributed by atoms with Crippen LogP contribution >= 0.6 is 0 Å². The molecule has 0 saturated carbocycles. The number of aryl methyl sites for hydroxylation is 2. The first kappa shape index (κ1) is 11.6. The van der Waals surface area contributed by atoms with Gasteiger partial charge in [-0.15, -0.1) is 0 Å². The van der Waals surface area contributed by atoms with E-state index in [-0.39, 0.29) is 0 Å². The summed E-state index contributed by atoms with van der Waals surface area (Å²) in [5.41, 5.74) is 3.26. The van der Waals surface area contributed by atoms with Crippen LogP contribution in [0.1, 0.15) is 18.2 Å². The normalized spacial score (nSPS) is 10.3. The number of anilines is 1. The molecule has 3 nitrogen and oxygen atoms in total. The summed E-state index contributed by atoms with van der Waals surface area (Å²) in [7, 11) is 0. The van der Waals surface area contributed by atoms with E-state index in [1.807, 2.05) is 25.1 Å². The van der Waals surface area contributed by atoms with E-state index in [1.165, 1.54) is 5.56 Å². The minimum Gasteiger partial charge on any atom is -0.370 e. The first-order valence-electron chi connectivity index (χ1n) is 5.85. The van der Waals surface area contributed by atoms with Crippen LogP contribution in [0.4, 0.5) is 5.82 Å². The maximum Gasteiger partial charge on any atom is 0.161 e. The highest BCUT2D eigenvalue weighted by molar-refractivity contribution is 5.58. The molecule has 1 heterocycles. The average molecular weight is 227 g/mol. The van der Waals surface area contributed by atoms with Gasteiger partial charge in [-0.05, 0) is 26.8 Å². The molecule has 17 heavy (non-hydrogen) atoms. The van der Waals surface area contributed by atoms with E-state index in [9.17, 15) is 0 Å². The fraction of sp³-hybridized carbons (Fsp3) is 0.286. The number of rotatable bonds is 3. The Balaban J connectivity index is 2.44. The van der Waals surface area contributed by atoms with Crippen LogP contribution in [0.2, 0.25) is 0 Å². The van der Waals surface area contributed by atoms with E-state index in [0.717, 1.165) is 29.4 Å². The lowest BCUT2D eigenvalue weighted by atomic mass is 10.1. The fourth-order valence-electron chi connectivity index (χ4n) is 1.75. The molecule has 2 aromatic rings. The fourth-order valence-corrected chi connectivity index (χ4v) is 1.75. The summed E-state index contributed by atoms with van der Waals surface area (Å²) in [6, 6.07) is 10.2. The number of nitrogens with one attached hydrogen (secondary N) is 1. The van der Waals surface area contributed by atoms with Gasteiger partial charge in [0, 0.05) is 23.9 Å². The molecule has 0 aliphatic carbocycles. The number of hydrogen-bond donors (Lipinski definition) is 1. The summed E-state index contributed by atoms with van der Waals surface area (Å²) in [6.45, 7) is 6.99. The van der Waals surface area contributed by atoms with Gasteiger partial charge in [-0.3, -0.25) is 0 Å². The van der Waals surface area contributed by atoms with Crippen molar-refractivity contribution in [2.45, 2.75) is 20.8 Å². The van der Waals surface area contributed by atoms with Crippen molar-refractivity contribution in [3.05, 3.63) is 41.6 Å². The maximum absolute atomic E-state index is 4.51. The standard InChI is InChI=1S/C14H17N3/c1-4-15-13-9-11(3)16-14(17-13)12-7-5-6-10(2)8-12/h5-9H,4H2,1-3H3,(H,15,16,17). The quantitative estimate of drug-likeness (QED) is 0.875. The zero-order chi connectivity index (χ0) is 12.3. The van der Waals surface area contributed by atoms with E-state index >= 15 is 0 Å². The first-order chi connectivity index (χ1) is 8.19. The van der Waals surface area contributed by atoms with E-state index in [4.69, 9.17) is 0 Å². The minimum absolute atomic E-state index is 0.782. The predicted molar refractivity (Wildman–Crippen MR) is 71.1 cm³/mol. The summed E-state index contributed by atoms with van der Waals surface area (Å²) in [5, 5.41) is 3.22. The molecule has 0 aliphatic heterocycles. The van der Waals surface area contributed by atoms with E-state index in [0.29, 0.717) is 0 Å². The Morgan fingerprint density at radius 1 is 1.12 bits per heavy atom. The molecule has 3 heteroatoms. The van der Waals surface area contributed by atoms with Crippen molar-refractivity contribution in [3.63, 3.8) is 0 Å². The van der Waals surface area contributed by atoms with Crippen molar-refractivity contribution in [2.24, 2.45) is 0 Å². The number of aromatic nitrogens is 2. The van der Waals surface area contributed by atoms with Crippen molar-refractivity contribution >= 4 is 5.82 Å². The Kier molecular flexibility index (Phi) is 3.38. The van der Waals surface area contributed by atoms with Crippen molar-refractivity contribution in [1.82, 2.24) is 9.97 Å². The third-order valence-corrected chi connectivity index (χ3v) is 2.49. The number of hydrogen-bond acceptors (Lipinski definition) is 3. The highest BCUT2D eigenvalue weighted by Gasteiger charge is 2.04. The summed E-state index contributed by atoms with van der Waals surface area (Å²) in [6.07, 6.45) is 0. The van der Waals surface area contributed by atoms with Gasteiger partial charge in [0.15, 0.2) is 5.82 Å². The van der Waals surface area contributed by atoms with Crippen LogP contribution in [-0.4, -0.2) is 16.5 Å². The topological polar surface area (TPSA) is 37.8 Å². The third-order valence-electron chi connectivity index (χ3n) is 2.49. The molecule has 0 amide bonds. The van der Waals surface area contributed by atoms with Gasteiger partial charge in [0.1, 0.15) is 5.82 Å². The van der Waals surface area contributed by atoms with Crippen LogP contribution < -0.4 is 5.32 Å². The lowest BCUT2D eigenvalue weighted by Gasteiger charge is -2.07. The highest BCUT2D eigenvalue weighted by Crippen LogP contribution is 2.18. The number of benzene rings is 1. The molecular formula is C14H17N3. The first-order valence-corrected chi connectivity index (χ1v) is 5.85. The molecule has 0 spiro atoms. The zero-order valence-corrected chi connectivity index (χ0v) is 10.5. The van der Waals surface area contributed by atoms with Crippen LogP contribution in [0, 0.1) is 13.8 Å². The van der Waals surface area contributed by atoms with Crippen LogP contribution in [0.15, 0.2) is 30.3 Å². The Hall–Kier alpha value is -1.90. The summed E-state index contributed by atoms with van der Waals surface area (Å²) in [5.74, 6) is 1.67. The van der Waals surface area contributed by atoms with E-state index < -0.39 is 0 Å². The molecular weight excluding hydrogens is 210 g/mol. The largest absolute Gasteiger partial charge is 0.370 e. The second-order valence-electron chi connectivity index (χ2n) is 4.12. The molecule has 0 fully saturated rings. The summed E-state index contributed by atoms with van der Waals surface area (Å²) >= 11 is 0. The molecule has 0 unspecified atom stereocenters. The van der Waals surface area contributed by atoms with E-state index in [2.05, 4.69) is 41.3 Å². The van der Waals surface area contributed by atoms with Gasteiger partial charge < -0.3 is 5.32 Å². The van der Waals surface area contributed by atoms with Crippen LogP contribution in [-0.2, 0) is 0 Å². The van der Waals surface area contributed by atoms with Gasteiger partial charge >= 0.3 is 0 Å². The number of nitrogens with zero attached hydrogens (tertiary/aromatic N) is 2. The monoisotopic (exact) mass is 227 g/mol. The molecule has 88 valence electrons. The smallest absolute Gasteiger partial charge is 0.161 e. The van der Waals surface area contributed by atoms with E-state index in [1.54, 1.807) is 0 Å². The van der Waals surface area contributed by atoms with Crippen molar-refractivity contribution in [1.29, 1.82) is 0 Å². The molecule has 0 bridgehead atoms. The second kappa shape index (κ2) is 4.95. The van der Waals surface area contributed by atoms with Crippen molar-refractivity contribution in [3.8, 4) is 11.4 Å². The summed E-state index contributed by atoms with van der Waals surface area (Å²) < 4.78 is 0. The Bertz CT molecular complexity index is 521. The van der Waals surface area contributed by atoms with Crippen LogP contribution in [0.5, 0.6) is 0 Å². The average Bonchev–Trinajstić information content (AvgIpc) is 2.28. The van der Waals surface area contributed by atoms with Gasteiger partial charge in [-0.1, -0.05) is 23.8 Å².